The van der Waals surface area contributed by atoms with Crippen LogP contribution in [0.3, 0.4) is 0 Å². The number of rotatable bonds is 10. The number of nitrogens with two attached hydrogens (primary N) is 1. The predicted molar refractivity (Wildman–Crippen MR) is 103 cm³/mol. The maximum Gasteiger partial charge on any atom is 0.253 e. The number of hydrogen-bond donors (Lipinski definition) is 3. The van der Waals surface area contributed by atoms with E-state index in [0.717, 1.165) is 0 Å². The van der Waals surface area contributed by atoms with Crippen LogP contribution in [0.4, 0.5) is 0 Å². The van der Waals surface area contributed by atoms with Crippen molar-refractivity contribution >= 4 is 11.8 Å². The summed E-state index contributed by atoms with van der Waals surface area (Å²) in [5, 5.41) is 6.05. The van der Waals surface area contributed by atoms with Crippen molar-refractivity contribution in [1.29, 1.82) is 0 Å². The summed E-state index contributed by atoms with van der Waals surface area (Å²) in [5.41, 5.74) is 6.72. The van der Waals surface area contributed by atoms with Gasteiger partial charge in [0.05, 0.1) is 0 Å². The third kappa shape index (κ3) is 6.31. The van der Waals surface area contributed by atoms with Gasteiger partial charge in [0.15, 0.2) is 0 Å². The molecular formula is C20H26N4O2. The molecule has 0 aromatic heterocycles. The van der Waals surface area contributed by atoms with Crippen LogP contribution in [0.1, 0.15) is 20.7 Å². The molecule has 6 heteroatoms. The Bertz CT molecular complexity index is 677. The number of hydrogen-bond acceptors (Lipinski definition) is 4. The number of amides is 2. The quantitative estimate of drug-likeness (QED) is 0.558. The second-order valence-electron chi connectivity index (χ2n) is 5.82. The van der Waals surface area contributed by atoms with Crippen LogP contribution in [0.25, 0.3) is 0 Å². The van der Waals surface area contributed by atoms with Gasteiger partial charge in [0.2, 0.25) is 0 Å². The summed E-state index contributed by atoms with van der Waals surface area (Å²) in [6.07, 6.45) is 0. The number of benzene rings is 2. The number of carbonyl (C=O) groups is 2. The Balaban J connectivity index is 1.90. The van der Waals surface area contributed by atoms with Gasteiger partial charge in [-0.05, 0) is 24.3 Å². The van der Waals surface area contributed by atoms with Crippen LogP contribution in [0.5, 0.6) is 0 Å². The SMILES string of the molecule is NCCNCCN(CCNC(=O)c1ccccc1)C(=O)c1ccccc1. The number of nitrogens with zero attached hydrogens (tertiary/aromatic N) is 1. The van der Waals surface area contributed by atoms with Gasteiger partial charge in [-0.25, -0.2) is 0 Å². The fourth-order valence-electron chi connectivity index (χ4n) is 2.52. The maximum atomic E-state index is 12.7. The molecule has 0 atom stereocenters. The Morgan fingerprint density at radius 2 is 1.38 bits per heavy atom. The molecule has 0 aliphatic carbocycles. The molecule has 0 bridgehead atoms. The van der Waals surface area contributed by atoms with Crippen LogP contribution in [-0.2, 0) is 0 Å². The van der Waals surface area contributed by atoms with Gasteiger partial charge in [0, 0.05) is 50.4 Å². The molecule has 0 saturated heterocycles. The molecule has 0 fully saturated rings. The van der Waals surface area contributed by atoms with Crippen LogP contribution in [0.2, 0.25) is 0 Å². The first-order chi connectivity index (χ1) is 12.7. The summed E-state index contributed by atoms with van der Waals surface area (Å²) in [4.78, 5) is 26.6. The first-order valence-corrected chi connectivity index (χ1v) is 8.80. The lowest BCUT2D eigenvalue weighted by atomic mass is 10.2. The summed E-state index contributed by atoms with van der Waals surface area (Å²) < 4.78 is 0. The van der Waals surface area contributed by atoms with Crippen molar-refractivity contribution in [3.05, 3.63) is 71.8 Å². The molecule has 2 rings (SSSR count). The van der Waals surface area contributed by atoms with Gasteiger partial charge in [-0.3, -0.25) is 9.59 Å². The van der Waals surface area contributed by atoms with Crippen LogP contribution in [0.15, 0.2) is 60.7 Å². The third-order valence-corrected chi connectivity index (χ3v) is 3.89. The van der Waals surface area contributed by atoms with E-state index in [1.54, 1.807) is 29.2 Å². The molecule has 0 radical (unpaired) electrons. The summed E-state index contributed by atoms with van der Waals surface area (Å²) in [5.74, 6) is -0.187. The van der Waals surface area contributed by atoms with Gasteiger partial charge in [-0.1, -0.05) is 36.4 Å². The Morgan fingerprint density at radius 1 is 0.808 bits per heavy atom. The van der Waals surface area contributed by atoms with Crippen molar-refractivity contribution in [1.82, 2.24) is 15.5 Å². The molecule has 2 aromatic rings. The average molecular weight is 354 g/mol. The standard InChI is InChI=1S/C20H26N4O2/c21-11-12-22-13-15-24(20(26)18-9-5-2-6-10-18)16-14-23-19(25)17-7-3-1-4-8-17/h1-10,22H,11-16,21H2,(H,23,25). The molecule has 0 aliphatic rings. The molecule has 0 unspecified atom stereocenters. The fourth-order valence-corrected chi connectivity index (χ4v) is 2.52. The van der Waals surface area contributed by atoms with Gasteiger partial charge in [-0.2, -0.15) is 0 Å². The normalized spacial score (nSPS) is 10.3. The van der Waals surface area contributed by atoms with E-state index in [2.05, 4.69) is 10.6 Å². The highest BCUT2D eigenvalue weighted by molar-refractivity contribution is 5.95. The predicted octanol–water partition coefficient (Wildman–Crippen LogP) is 1.11. The maximum absolute atomic E-state index is 12.7. The molecule has 0 aliphatic heterocycles. The van der Waals surface area contributed by atoms with E-state index in [4.69, 9.17) is 5.73 Å². The first-order valence-electron chi connectivity index (χ1n) is 8.80. The molecule has 6 nitrogen and oxygen atoms in total. The Kier molecular flexibility index (Phi) is 8.32. The number of carbonyl (C=O) groups excluding carboxylic acids is 2. The van der Waals surface area contributed by atoms with E-state index in [1.165, 1.54) is 0 Å². The summed E-state index contributed by atoms with van der Waals surface area (Å²) in [6.45, 7) is 3.30. The lowest BCUT2D eigenvalue weighted by Gasteiger charge is -2.23. The highest BCUT2D eigenvalue weighted by Crippen LogP contribution is 2.04. The minimum atomic E-state index is -0.140. The first kappa shape index (κ1) is 19.6. The molecule has 2 amide bonds. The van der Waals surface area contributed by atoms with Gasteiger partial charge < -0.3 is 21.3 Å². The minimum absolute atomic E-state index is 0.0471. The van der Waals surface area contributed by atoms with Crippen LogP contribution in [-0.4, -0.2) is 56.0 Å². The van der Waals surface area contributed by atoms with Gasteiger partial charge in [0.1, 0.15) is 0 Å². The van der Waals surface area contributed by atoms with E-state index in [0.29, 0.717) is 50.4 Å². The Labute approximate surface area is 154 Å². The van der Waals surface area contributed by atoms with Gasteiger partial charge >= 0.3 is 0 Å². The second kappa shape index (κ2) is 11.0. The van der Waals surface area contributed by atoms with Crippen molar-refractivity contribution in [2.24, 2.45) is 5.73 Å². The zero-order valence-electron chi connectivity index (χ0n) is 14.9. The Hall–Kier alpha value is -2.70. The van der Waals surface area contributed by atoms with E-state index in [1.807, 2.05) is 36.4 Å². The van der Waals surface area contributed by atoms with E-state index in [-0.39, 0.29) is 11.8 Å². The second-order valence-corrected chi connectivity index (χ2v) is 5.82. The van der Waals surface area contributed by atoms with Crippen molar-refractivity contribution in [3.8, 4) is 0 Å². The van der Waals surface area contributed by atoms with E-state index in [9.17, 15) is 9.59 Å². The highest BCUT2D eigenvalue weighted by atomic mass is 16.2. The summed E-state index contributed by atoms with van der Waals surface area (Å²) >= 11 is 0. The van der Waals surface area contributed by atoms with E-state index >= 15 is 0 Å². The average Bonchev–Trinajstić information content (AvgIpc) is 2.70. The van der Waals surface area contributed by atoms with Crippen LogP contribution >= 0.6 is 0 Å². The monoisotopic (exact) mass is 354 g/mol. The summed E-state index contributed by atoms with van der Waals surface area (Å²) in [6, 6.07) is 18.2. The van der Waals surface area contributed by atoms with Crippen molar-refractivity contribution < 1.29 is 9.59 Å². The fraction of sp³-hybridized carbons (Fsp3) is 0.300. The zero-order chi connectivity index (χ0) is 18.6. The highest BCUT2D eigenvalue weighted by Gasteiger charge is 2.15. The smallest absolute Gasteiger partial charge is 0.253 e. The van der Waals surface area contributed by atoms with E-state index < -0.39 is 0 Å². The summed E-state index contributed by atoms with van der Waals surface area (Å²) in [7, 11) is 0. The van der Waals surface area contributed by atoms with Crippen LogP contribution < -0.4 is 16.4 Å². The lowest BCUT2D eigenvalue weighted by molar-refractivity contribution is 0.0750. The molecule has 0 spiro atoms. The minimum Gasteiger partial charge on any atom is -0.350 e. The lowest BCUT2D eigenvalue weighted by Crippen LogP contribution is -2.42. The molecule has 138 valence electrons. The number of nitrogens with one attached hydrogen (secondary N) is 2. The van der Waals surface area contributed by atoms with Crippen molar-refractivity contribution in [3.63, 3.8) is 0 Å². The van der Waals surface area contributed by atoms with Gasteiger partial charge in [-0.15, -0.1) is 0 Å². The molecule has 26 heavy (non-hydrogen) atoms. The molecule has 0 heterocycles. The Morgan fingerprint density at radius 3 is 2.00 bits per heavy atom. The zero-order valence-corrected chi connectivity index (χ0v) is 14.9. The third-order valence-electron chi connectivity index (χ3n) is 3.89. The van der Waals surface area contributed by atoms with Crippen LogP contribution in [0, 0.1) is 0 Å². The largest absolute Gasteiger partial charge is 0.350 e. The molecular weight excluding hydrogens is 328 g/mol. The van der Waals surface area contributed by atoms with Gasteiger partial charge in [0.25, 0.3) is 11.8 Å². The van der Waals surface area contributed by atoms with Crippen molar-refractivity contribution in [2.45, 2.75) is 0 Å². The topological polar surface area (TPSA) is 87.5 Å². The molecule has 2 aromatic carbocycles. The van der Waals surface area contributed by atoms with Crippen molar-refractivity contribution in [2.75, 3.05) is 39.3 Å². The molecule has 0 saturated carbocycles. The molecule has 4 N–H and O–H groups in total.